The molecule has 2 N–H and O–H groups in total. The van der Waals surface area contributed by atoms with Crippen molar-refractivity contribution in [3.63, 3.8) is 0 Å². The number of anilines is 1. The molecule has 20 heavy (non-hydrogen) atoms. The van der Waals surface area contributed by atoms with Crippen LogP contribution in [0.2, 0.25) is 0 Å². The van der Waals surface area contributed by atoms with Gasteiger partial charge in [0.2, 0.25) is 0 Å². The van der Waals surface area contributed by atoms with E-state index in [1.54, 1.807) is 0 Å². The fourth-order valence-corrected chi connectivity index (χ4v) is 1.25. The van der Waals surface area contributed by atoms with Crippen molar-refractivity contribution in [1.29, 1.82) is 0 Å². The molecular formula is C11H9F5N2O2. The third-order valence-corrected chi connectivity index (χ3v) is 2.29. The Kier molecular flexibility index (Phi) is 4.31. The zero-order valence-electron chi connectivity index (χ0n) is 10.0. The summed E-state index contributed by atoms with van der Waals surface area (Å²) in [6.45, 7) is 0. The smallest absolute Gasteiger partial charge is 0.355 e. The summed E-state index contributed by atoms with van der Waals surface area (Å²) in [5.74, 6) is -8.85. The van der Waals surface area contributed by atoms with Crippen LogP contribution in [0.5, 0.6) is 0 Å². The lowest BCUT2D eigenvalue weighted by molar-refractivity contribution is -0.267. The minimum absolute atomic E-state index is 0.235. The number of amides is 2. The summed E-state index contributed by atoms with van der Waals surface area (Å²) >= 11 is 0. The number of halogens is 5. The molecule has 0 aromatic heterocycles. The molecule has 0 aliphatic heterocycles. The Labute approximate surface area is 110 Å². The number of benzene rings is 1. The summed E-state index contributed by atoms with van der Waals surface area (Å²) in [4.78, 5) is 22.4. The van der Waals surface area contributed by atoms with Crippen LogP contribution in [-0.2, 0) is 4.79 Å². The maximum atomic E-state index is 12.8. The minimum atomic E-state index is -6.01. The minimum Gasteiger partial charge on any atom is -0.355 e. The zero-order chi connectivity index (χ0) is 15.6. The average molecular weight is 296 g/mol. The Hall–Kier alpha value is -2.19. The highest BCUT2D eigenvalue weighted by Crippen LogP contribution is 2.36. The summed E-state index contributed by atoms with van der Waals surface area (Å²) in [6.07, 6.45) is -6.01. The van der Waals surface area contributed by atoms with Gasteiger partial charge in [0.05, 0.1) is 11.3 Å². The molecule has 0 radical (unpaired) electrons. The first-order chi connectivity index (χ1) is 9.11. The van der Waals surface area contributed by atoms with Crippen LogP contribution in [0.25, 0.3) is 0 Å². The molecule has 0 aliphatic carbocycles. The first-order valence-corrected chi connectivity index (χ1v) is 5.18. The molecule has 0 fully saturated rings. The summed E-state index contributed by atoms with van der Waals surface area (Å²) in [5, 5.41) is 3.57. The van der Waals surface area contributed by atoms with Crippen LogP contribution in [0.1, 0.15) is 10.4 Å². The first kappa shape index (κ1) is 15.9. The monoisotopic (exact) mass is 296 g/mol. The molecule has 0 spiro atoms. The van der Waals surface area contributed by atoms with Gasteiger partial charge < -0.3 is 10.6 Å². The molecular weight excluding hydrogens is 287 g/mol. The highest BCUT2D eigenvalue weighted by molar-refractivity contribution is 6.05. The van der Waals surface area contributed by atoms with E-state index in [-0.39, 0.29) is 5.56 Å². The lowest BCUT2D eigenvalue weighted by Crippen LogP contribution is -2.47. The van der Waals surface area contributed by atoms with Crippen molar-refractivity contribution in [1.82, 2.24) is 5.32 Å². The quantitative estimate of drug-likeness (QED) is 0.840. The number of carbonyl (C=O) groups excluding carboxylic acids is 2. The second-order valence-electron chi connectivity index (χ2n) is 3.65. The van der Waals surface area contributed by atoms with Crippen molar-refractivity contribution in [2.45, 2.75) is 12.1 Å². The lowest BCUT2D eigenvalue weighted by atomic mass is 10.1. The second kappa shape index (κ2) is 5.43. The van der Waals surface area contributed by atoms with E-state index < -0.39 is 29.6 Å². The van der Waals surface area contributed by atoms with Gasteiger partial charge in [-0.15, -0.1) is 0 Å². The third-order valence-electron chi connectivity index (χ3n) is 2.29. The Balaban J connectivity index is 3.06. The van der Waals surface area contributed by atoms with E-state index in [9.17, 15) is 31.5 Å². The molecule has 0 heterocycles. The van der Waals surface area contributed by atoms with Gasteiger partial charge in [-0.25, -0.2) is 0 Å². The molecule has 0 unspecified atom stereocenters. The molecule has 1 aromatic carbocycles. The van der Waals surface area contributed by atoms with Gasteiger partial charge in [-0.3, -0.25) is 9.59 Å². The Morgan fingerprint density at radius 1 is 1.05 bits per heavy atom. The standard InChI is InChI=1S/C11H9F5N2O2/c1-17-8(19)6-4-2-3-5-7(6)18-9(20)10(12,13)11(14,15)16/h2-5H,1H3,(H,17,19)(H,18,20). The van der Waals surface area contributed by atoms with Crippen molar-refractivity contribution < 1.29 is 31.5 Å². The molecule has 0 bridgehead atoms. The van der Waals surface area contributed by atoms with Crippen molar-refractivity contribution in [2.24, 2.45) is 0 Å². The molecule has 9 heteroatoms. The summed E-state index contributed by atoms with van der Waals surface area (Å²) < 4.78 is 61.6. The molecule has 1 aromatic rings. The van der Waals surface area contributed by atoms with Gasteiger partial charge in [-0.1, -0.05) is 12.1 Å². The summed E-state index contributed by atoms with van der Waals surface area (Å²) in [5.41, 5.74) is -0.679. The molecule has 0 aliphatic rings. The predicted octanol–water partition coefficient (Wildman–Crippen LogP) is 2.18. The number of hydrogen-bond donors (Lipinski definition) is 2. The van der Waals surface area contributed by atoms with Crippen LogP contribution >= 0.6 is 0 Å². The normalized spacial score (nSPS) is 11.9. The number of para-hydroxylation sites is 1. The van der Waals surface area contributed by atoms with Gasteiger partial charge in [-0.2, -0.15) is 22.0 Å². The highest BCUT2D eigenvalue weighted by atomic mass is 19.4. The van der Waals surface area contributed by atoms with Gasteiger partial charge in [-0.05, 0) is 12.1 Å². The fourth-order valence-electron chi connectivity index (χ4n) is 1.25. The topological polar surface area (TPSA) is 58.2 Å². The maximum Gasteiger partial charge on any atom is 0.463 e. The Bertz CT molecular complexity index is 528. The van der Waals surface area contributed by atoms with E-state index >= 15 is 0 Å². The second-order valence-corrected chi connectivity index (χ2v) is 3.65. The van der Waals surface area contributed by atoms with Gasteiger partial charge in [0.1, 0.15) is 0 Å². The lowest BCUT2D eigenvalue weighted by Gasteiger charge is -2.19. The highest BCUT2D eigenvalue weighted by Gasteiger charge is 2.63. The largest absolute Gasteiger partial charge is 0.463 e. The number of carbonyl (C=O) groups is 2. The Morgan fingerprint density at radius 2 is 1.60 bits per heavy atom. The van der Waals surface area contributed by atoms with Gasteiger partial charge >= 0.3 is 18.0 Å². The maximum absolute atomic E-state index is 12.8. The van der Waals surface area contributed by atoms with Crippen LogP contribution in [-0.4, -0.2) is 31.0 Å². The Morgan fingerprint density at radius 3 is 2.10 bits per heavy atom. The van der Waals surface area contributed by atoms with Crippen LogP contribution in [0.4, 0.5) is 27.6 Å². The van der Waals surface area contributed by atoms with Crippen molar-refractivity contribution in [3.05, 3.63) is 29.8 Å². The van der Waals surface area contributed by atoms with Crippen LogP contribution in [0, 0.1) is 0 Å². The van der Waals surface area contributed by atoms with Crippen LogP contribution < -0.4 is 10.6 Å². The van der Waals surface area contributed by atoms with Crippen molar-refractivity contribution in [3.8, 4) is 0 Å². The molecule has 0 saturated carbocycles. The van der Waals surface area contributed by atoms with E-state index in [0.717, 1.165) is 6.07 Å². The molecule has 0 saturated heterocycles. The summed E-state index contributed by atoms with van der Waals surface area (Å²) in [6, 6.07) is 4.84. The molecule has 0 atom stereocenters. The molecule has 1 rings (SSSR count). The predicted molar refractivity (Wildman–Crippen MR) is 59.5 cm³/mol. The van der Waals surface area contributed by atoms with Gasteiger partial charge in [0.15, 0.2) is 0 Å². The number of rotatable bonds is 3. The average Bonchev–Trinajstić information content (AvgIpc) is 2.37. The summed E-state index contributed by atoms with van der Waals surface area (Å²) in [7, 11) is 1.24. The number of nitrogens with one attached hydrogen (secondary N) is 2. The van der Waals surface area contributed by atoms with Gasteiger partial charge in [0.25, 0.3) is 5.91 Å². The van der Waals surface area contributed by atoms with E-state index in [1.165, 1.54) is 30.6 Å². The SMILES string of the molecule is CNC(=O)c1ccccc1NC(=O)C(F)(F)C(F)(F)F. The molecule has 2 amide bonds. The van der Waals surface area contributed by atoms with Crippen molar-refractivity contribution >= 4 is 17.5 Å². The van der Waals surface area contributed by atoms with E-state index in [2.05, 4.69) is 5.32 Å². The number of alkyl halides is 5. The van der Waals surface area contributed by atoms with Crippen LogP contribution in [0.15, 0.2) is 24.3 Å². The first-order valence-electron chi connectivity index (χ1n) is 5.18. The third kappa shape index (κ3) is 3.03. The molecule has 110 valence electrons. The van der Waals surface area contributed by atoms with E-state index in [4.69, 9.17) is 0 Å². The van der Waals surface area contributed by atoms with E-state index in [0.29, 0.717) is 0 Å². The number of hydrogen-bond acceptors (Lipinski definition) is 2. The molecule has 4 nitrogen and oxygen atoms in total. The van der Waals surface area contributed by atoms with Gasteiger partial charge in [0, 0.05) is 7.05 Å². The van der Waals surface area contributed by atoms with Crippen LogP contribution in [0.3, 0.4) is 0 Å². The zero-order valence-corrected chi connectivity index (χ0v) is 10.0. The van der Waals surface area contributed by atoms with E-state index in [1.807, 2.05) is 0 Å². The fraction of sp³-hybridized carbons (Fsp3) is 0.273. The van der Waals surface area contributed by atoms with Crippen molar-refractivity contribution in [2.75, 3.05) is 12.4 Å².